The molecule has 1 saturated heterocycles. The van der Waals surface area contributed by atoms with E-state index < -0.39 is 0 Å². The Morgan fingerprint density at radius 3 is 2.32 bits per heavy atom. The van der Waals surface area contributed by atoms with Crippen LogP contribution in [0.15, 0.2) is 48.5 Å². The third-order valence-corrected chi connectivity index (χ3v) is 4.72. The smallest absolute Gasteiger partial charge is 0.253 e. The minimum absolute atomic E-state index is 0.135. The summed E-state index contributed by atoms with van der Waals surface area (Å²) >= 11 is 0. The van der Waals surface area contributed by atoms with E-state index in [1.807, 2.05) is 54.3 Å². The van der Waals surface area contributed by atoms with Crippen molar-refractivity contribution in [2.75, 3.05) is 39.3 Å². The van der Waals surface area contributed by atoms with Crippen molar-refractivity contribution >= 4 is 5.91 Å². The van der Waals surface area contributed by atoms with Crippen LogP contribution in [0.2, 0.25) is 0 Å². The second-order valence-corrected chi connectivity index (χ2v) is 6.61. The van der Waals surface area contributed by atoms with Crippen LogP contribution in [0.25, 0.3) is 0 Å². The Labute approximate surface area is 150 Å². The molecule has 25 heavy (non-hydrogen) atoms. The molecule has 0 atom stereocenters. The fourth-order valence-electron chi connectivity index (χ4n) is 3.06. The molecule has 0 saturated carbocycles. The number of rotatable bonds is 5. The van der Waals surface area contributed by atoms with Crippen LogP contribution in [-0.4, -0.2) is 55.0 Å². The van der Waals surface area contributed by atoms with Crippen molar-refractivity contribution in [1.82, 2.24) is 9.80 Å². The highest BCUT2D eigenvalue weighted by Crippen LogP contribution is 2.16. The van der Waals surface area contributed by atoms with Crippen LogP contribution in [-0.2, 0) is 0 Å². The molecular formula is C21H26N2O2. The van der Waals surface area contributed by atoms with E-state index >= 15 is 0 Å². The van der Waals surface area contributed by atoms with Gasteiger partial charge < -0.3 is 9.64 Å². The molecule has 132 valence electrons. The van der Waals surface area contributed by atoms with Crippen LogP contribution >= 0.6 is 0 Å². The number of aryl methyl sites for hydroxylation is 2. The number of nitrogens with zero attached hydrogens (tertiary/aromatic N) is 2. The molecule has 1 aliphatic rings. The van der Waals surface area contributed by atoms with Crippen LogP contribution < -0.4 is 4.74 Å². The highest BCUT2D eigenvalue weighted by molar-refractivity contribution is 5.94. The number of amides is 1. The van der Waals surface area contributed by atoms with Gasteiger partial charge in [-0.2, -0.15) is 0 Å². The number of ether oxygens (including phenoxy) is 1. The molecule has 2 aromatic rings. The first-order valence-corrected chi connectivity index (χ1v) is 8.90. The number of carbonyl (C=O) groups is 1. The summed E-state index contributed by atoms with van der Waals surface area (Å²) < 4.78 is 5.87. The van der Waals surface area contributed by atoms with Gasteiger partial charge >= 0.3 is 0 Å². The Morgan fingerprint density at radius 1 is 0.960 bits per heavy atom. The number of piperazine rings is 1. The quantitative estimate of drug-likeness (QED) is 0.840. The Kier molecular flexibility index (Phi) is 5.71. The van der Waals surface area contributed by atoms with Crippen molar-refractivity contribution in [3.05, 3.63) is 65.2 Å². The fraction of sp³-hybridized carbons (Fsp3) is 0.381. The molecule has 0 spiro atoms. The summed E-state index contributed by atoms with van der Waals surface area (Å²) in [6.07, 6.45) is 0. The summed E-state index contributed by atoms with van der Waals surface area (Å²) in [7, 11) is 0. The van der Waals surface area contributed by atoms with Gasteiger partial charge in [-0.15, -0.1) is 0 Å². The van der Waals surface area contributed by atoms with E-state index in [0.29, 0.717) is 6.61 Å². The molecule has 1 heterocycles. The summed E-state index contributed by atoms with van der Waals surface area (Å²) in [6.45, 7) is 9.01. The lowest BCUT2D eigenvalue weighted by molar-refractivity contribution is 0.0620. The predicted octanol–water partition coefficient (Wildman–Crippen LogP) is 3.14. The second-order valence-electron chi connectivity index (χ2n) is 6.61. The van der Waals surface area contributed by atoms with Gasteiger partial charge in [-0.25, -0.2) is 0 Å². The first kappa shape index (κ1) is 17.5. The van der Waals surface area contributed by atoms with Crippen LogP contribution in [0.4, 0.5) is 0 Å². The predicted molar refractivity (Wildman–Crippen MR) is 100 cm³/mol. The molecule has 0 N–H and O–H groups in total. The summed E-state index contributed by atoms with van der Waals surface area (Å²) in [5.74, 6) is 1.09. The van der Waals surface area contributed by atoms with Crippen molar-refractivity contribution in [3.63, 3.8) is 0 Å². The molecular weight excluding hydrogens is 312 g/mol. The van der Waals surface area contributed by atoms with Gasteiger partial charge in [-0.05, 0) is 37.6 Å². The zero-order valence-corrected chi connectivity index (χ0v) is 15.1. The lowest BCUT2D eigenvalue weighted by atomic mass is 10.1. The Bertz CT molecular complexity index is 704. The van der Waals surface area contributed by atoms with Crippen LogP contribution in [0.1, 0.15) is 21.5 Å². The number of benzene rings is 2. The average molecular weight is 338 g/mol. The standard InChI is InChI=1S/C21H26N2O2/c1-17-7-9-19(10-8-17)21(24)23-13-11-22(12-14-23)15-16-25-20-6-4-3-5-18(20)2/h3-10H,11-16H2,1-2H3. The van der Waals surface area contributed by atoms with E-state index in [1.165, 1.54) is 5.56 Å². The van der Waals surface area contributed by atoms with Gasteiger partial charge in [-0.3, -0.25) is 9.69 Å². The average Bonchev–Trinajstić information content (AvgIpc) is 2.64. The molecule has 4 nitrogen and oxygen atoms in total. The molecule has 4 heteroatoms. The Morgan fingerprint density at radius 2 is 1.64 bits per heavy atom. The zero-order valence-electron chi connectivity index (χ0n) is 15.1. The van der Waals surface area contributed by atoms with E-state index in [4.69, 9.17) is 4.74 Å². The van der Waals surface area contributed by atoms with Gasteiger partial charge in [0.2, 0.25) is 0 Å². The molecule has 0 aliphatic carbocycles. The molecule has 0 bridgehead atoms. The molecule has 1 fully saturated rings. The maximum atomic E-state index is 12.5. The second kappa shape index (κ2) is 8.17. The Hall–Kier alpha value is -2.33. The first-order chi connectivity index (χ1) is 12.1. The van der Waals surface area contributed by atoms with Crippen molar-refractivity contribution in [2.45, 2.75) is 13.8 Å². The van der Waals surface area contributed by atoms with Crippen molar-refractivity contribution in [1.29, 1.82) is 0 Å². The zero-order chi connectivity index (χ0) is 17.6. The topological polar surface area (TPSA) is 32.8 Å². The summed E-state index contributed by atoms with van der Waals surface area (Å²) in [6, 6.07) is 15.9. The number of hydrogen-bond donors (Lipinski definition) is 0. The Balaban J connectivity index is 1.43. The molecule has 0 unspecified atom stereocenters. The monoisotopic (exact) mass is 338 g/mol. The number of para-hydroxylation sites is 1. The van der Waals surface area contributed by atoms with Crippen molar-refractivity contribution in [2.24, 2.45) is 0 Å². The maximum absolute atomic E-state index is 12.5. The molecule has 0 radical (unpaired) electrons. The van der Waals surface area contributed by atoms with Crippen LogP contribution in [0, 0.1) is 13.8 Å². The van der Waals surface area contributed by atoms with Crippen LogP contribution in [0.5, 0.6) is 5.75 Å². The van der Waals surface area contributed by atoms with E-state index in [0.717, 1.165) is 49.6 Å². The van der Waals surface area contributed by atoms with Crippen molar-refractivity contribution < 1.29 is 9.53 Å². The molecule has 2 aromatic carbocycles. The van der Waals surface area contributed by atoms with E-state index in [1.54, 1.807) is 0 Å². The van der Waals surface area contributed by atoms with E-state index in [9.17, 15) is 4.79 Å². The van der Waals surface area contributed by atoms with Gasteiger partial charge in [0, 0.05) is 38.3 Å². The summed E-state index contributed by atoms with van der Waals surface area (Å²) in [4.78, 5) is 16.8. The van der Waals surface area contributed by atoms with Crippen LogP contribution in [0.3, 0.4) is 0 Å². The van der Waals surface area contributed by atoms with Crippen molar-refractivity contribution in [3.8, 4) is 5.75 Å². The van der Waals surface area contributed by atoms with E-state index in [2.05, 4.69) is 17.9 Å². The van der Waals surface area contributed by atoms with E-state index in [-0.39, 0.29) is 5.91 Å². The normalized spacial score (nSPS) is 15.2. The number of hydrogen-bond acceptors (Lipinski definition) is 3. The molecule has 1 amide bonds. The highest BCUT2D eigenvalue weighted by Gasteiger charge is 2.21. The minimum Gasteiger partial charge on any atom is -0.492 e. The molecule has 1 aliphatic heterocycles. The van der Waals surface area contributed by atoms with Gasteiger partial charge in [0.1, 0.15) is 12.4 Å². The largest absolute Gasteiger partial charge is 0.492 e. The van der Waals surface area contributed by atoms with Gasteiger partial charge in [0.25, 0.3) is 5.91 Å². The lowest BCUT2D eigenvalue weighted by Crippen LogP contribution is -2.49. The SMILES string of the molecule is Cc1ccc(C(=O)N2CCN(CCOc3ccccc3C)CC2)cc1. The summed E-state index contributed by atoms with van der Waals surface area (Å²) in [5.41, 5.74) is 3.12. The molecule has 0 aromatic heterocycles. The van der Waals surface area contributed by atoms with Gasteiger partial charge in [-0.1, -0.05) is 35.9 Å². The molecule has 3 rings (SSSR count). The van der Waals surface area contributed by atoms with Gasteiger partial charge in [0.05, 0.1) is 0 Å². The first-order valence-electron chi connectivity index (χ1n) is 8.90. The third kappa shape index (κ3) is 4.60. The third-order valence-electron chi connectivity index (χ3n) is 4.72. The minimum atomic E-state index is 0.135. The lowest BCUT2D eigenvalue weighted by Gasteiger charge is -2.34. The van der Waals surface area contributed by atoms with Gasteiger partial charge in [0.15, 0.2) is 0 Å². The number of carbonyl (C=O) groups excluding carboxylic acids is 1. The summed E-state index contributed by atoms with van der Waals surface area (Å²) in [5, 5.41) is 0. The fourth-order valence-corrected chi connectivity index (χ4v) is 3.06. The maximum Gasteiger partial charge on any atom is 0.253 e. The highest BCUT2D eigenvalue weighted by atomic mass is 16.5.